The van der Waals surface area contributed by atoms with Crippen LogP contribution in [0.2, 0.25) is 0 Å². The number of guanidine groups is 1. The van der Waals surface area contributed by atoms with Gasteiger partial charge in [-0.1, -0.05) is 18.2 Å². The lowest BCUT2D eigenvalue weighted by Crippen LogP contribution is -2.50. The zero-order valence-electron chi connectivity index (χ0n) is 20.3. The van der Waals surface area contributed by atoms with Gasteiger partial charge in [0, 0.05) is 35.4 Å². The number of hydrogen-bond donors (Lipinski definition) is 1. The van der Waals surface area contributed by atoms with Crippen molar-refractivity contribution in [2.24, 2.45) is 4.99 Å². The highest BCUT2D eigenvalue weighted by Crippen LogP contribution is 2.43. The van der Waals surface area contributed by atoms with E-state index in [0.29, 0.717) is 18.6 Å². The van der Waals surface area contributed by atoms with Crippen molar-refractivity contribution in [3.63, 3.8) is 0 Å². The van der Waals surface area contributed by atoms with Gasteiger partial charge in [-0.25, -0.2) is 13.8 Å². The maximum Gasteiger partial charge on any atom is 0.416 e. The highest BCUT2D eigenvalue weighted by Gasteiger charge is 2.39. The molecule has 200 valence electrons. The molecule has 39 heavy (non-hydrogen) atoms. The summed E-state index contributed by atoms with van der Waals surface area (Å²) in [5.74, 6) is -2.09. The largest absolute Gasteiger partial charge is 0.481 e. The van der Waals surface area contributed by atoms with Crippen molar-refractivity contribution < 1.29 is 31.9 Å². The van der Waals surface area contributed by atoms with Crippen LogP contribution in [0.1, 0.15) is 29.3 Å². The molecule has 4 aromatic rings. The molecule has 0 amide bonds. The van der Waals surface area contributed by atoms with E-state index >= 15 is 4.39 Å². The molecule has 6 nitrogen and oxygen atoms in total. The molecule has 0 saturated heterocycles. The number of para-hydroxylation sites is 1. The highest BCUT2D eigenvalue weighted by molar-refractivity contribution is 6.01. The van der Waals surface area contributed by atoms with E-state index in [9.17, 15) is 27.5 Å². The second-order valence-electron chi connectivity index (χ2n) is 9.53. The third kappa shape index (κ3) is 4.37. The van der Waals surface area contributed by atoms with Crippen molar-refractivity contribution in [3.8, 4) is 0 Å². The number of carboxylic acids is 1. The van der Waals surface area contributed by atoms with Crippen LogP contribution in [0.3, 0.4) is 0 Å². The summed E-state index contributed by atoms with van der Waals surface area (Å²) in [6, 6.07) is 14.1. The summed E-state index contributed by atoms with van der Waals surface area (Å²) in [4.78, 5) is 19.8. The van der Waals surface area contributed by atoms with Gasteiger partial charge in [-0.2, -0.15) is 13.2 Å². The van der Waals surface area contributed by atoms with Crippen LogP contribution in [0.25, 0.3) is 10.9 Å². The number of aromatic nitrogens is 1. The molecule has 2 aliphatic heterocycles. The van der Waals surface area contributed by atoms with Crippen molar-refractivity contribution >= 4 is 34.2 Å². The highest BCUT2D eigenvalue weighted by atomic mass is 19.4. The Hall–Kier alpha value is -4.41. The summed E-state index contributed by atoms with van der Waals surface area (Å²) >= 11 is 0. The van der Waals surface area contributed by atoms with E-state index in [0.717, 1.165) is 23.2 Å². The van der Waals surface area contributed by atoms with E-state index in [2.05, 4.69) is 4.99 Å². The lowest BCUT2D eigenvalue weighted by atomic mass is 9.97. The maximum absolute atomic E-state index is 15.0. The van der Waals surface area contributed by atoms with E-state index in [1.54, 1.807) is 11.0 Å². The number of aliphatic imine (C=N–C) groups is 1. The van der Waals surface area contributed by atoms with Crippen LogP contribution in [-0.2, 0) is 24.1 Å². The topological polar surface area (TPSA) is 61.1 Å². The first-order valence-corrected chi connectivity index (χ1v) is 12.2. The Balaban J connectivity index is 1.51. The minimum Gasteiger partial charge on any atom is -0.481 e. The first-order valence-electron chi connectivity index (χ1n) is 12.2. The van der Waals surface area contributed by atoms with Gasteiger partial charge in [-0.15, -0.1) is 0 Å². The predicted molar refractivity (Wildman–Crippen MR) is 135 cm³/mol. The van der Waals surface area contributed by atoms with Gasteiger partial charge in [0.2, 0.25) is 5.96 Å². The molecule has 0 spiro atoms. The molecule has 11 heteroatoms. The lowest BCUT2D eigenvalue weighted by Gasteiger charge is -2.43. The Morgan fingerprint density at radius 1 is 1.00 bits per heavy atom. The Morgan fingerprint density at radius 2 is 1.79 bits per heavy atom. The van der Waals surface area contributed by atoms with Gasteiger partial charge in [0.25, 0.3) is 0 Å². The third-order valence-electron chi connectivity index (χ3n) is 7.12. The molecule has 0 fully saturated rings. The van der Waals surface area contributed by atoms with Crippen LogP contribution < -0.4 is 4.90 Å². The second kappa shape index (κ2) is 9.11. The fourth-order valence-corrected chi connectivity index (χ4v) is 5.41. The zero-order valence-corrected chi connectivity index (χ0v) is 20.3. The first kappa shape index (κ1) is 24.9. The molecule has 1 atom stereocenters. The number of alkyl halides is 3. The molecule has 1 aromatic heterocycles. The average Bonchev–Trinajstić information content (AvgIpc) is 3.25. The van der Waals surface area contributed by atoms with E-state index in [-0.39, 0.29) is 35.3 Å². The molecule has 0 radical (unpaired) electrons. The van der Waals surface area contributed by atoms with Crippen LogP contribution in [0.5, 0.6) is 0 Å². The van der Waals surface area contributed by atoms with Crippen molar-refractivity contribution in [2.75, 3.05) is 11.4 Å². The standard InChI is InChI=1S/C28H21F5N4O2/c29-18-8-7-16-11-20-15-35(9-10-36(20)23(16)13-18)27-34-26-21(5-2-6-22(26)30)24(14-25(38)39)37(27)19-4-1-3-17(12-19)28(31,32)33/h1-8,11-13,24H,9-10,14-15H2,(H,38,39). The Kier molecular flexibility index (Phi) is 5.81. The van der Waals surface area contributed by atoms with Crippen LogP contribution in [0.15, 0.2) is 71.7 Å². The molecule has 2 aliphatic rings. The SMILES string of the molecule is O=C(O)CC1c2cccc(F)c2N=C(N2CCn3c(cc4ccc(F)cc43)C2)N1c1cccc(C(F)(F)F)c1. The fourth-order valence-electron chi connectivity index (χ4n) is 5.41. The minimum absolute atomic E-state index is 0.0461. The monoisotopic (exact) mass is 540 g/mol. The lowest BCUT2D eigenvalue weighted by molar-refractivity contribution is -0.138. The maximum atomic E-state index is 15.0. The smallest absolute Gasteiger partial charge is 0.416 e. The molecule has 3 heterocycles. The number of nitrogens with zero attached hydrogens (tertiary/aromatic N) is 4. The summed E-state index contributed by atoms with van der Waals surface area (Å²) in [7, 11) is 0. The molecule has 0 aliphatic carbocycles. The Bertz CT molecular complexity index is 1640. The number of fused-ring (bicyclic) bond motifs is 4. The van der Waals surface area contributed by atoms with Crippen molar-refractivity contribution in [3.05, 3.63) is 95.2 Å². The summed E-state index contributed by atoms with van der Waals surface area (Å²) in [6.45, 7) is 0.977. The van der Waals surface area contributed by atoms with Crippen molar-refractivity contribution in [1.29, 1.82) is 0 Å². The van der Waals surface area contributed by atoms with Crippen LogP contribution in [-0.4, -0.2) is 33.0 Å². The molecule has 0 bridgehead atoms. The number of carboxylic acid groups (broad SMARTS) is 1. The predicted octanol–water partition coefficient (Wildman–Crippen LogP) is 6.48. The number of benzene rings is 3. The van der Waals surface area contributed by atoms with Crippen molar-refractivity contribution in [2.45, 2.75) is 31.7 Å². The van der Waals surface area contributed by atoms with Gasteiger partial charge >= 0.3 is 12.1 Å². The van der Waals surface area contributed by atoms with Crippen LogP contribution in [0.4, 0.5) is 33.3 Å². The van der Waals surface area contributed by atoms with Crippen LogP contribution in [0, 0.1) is 11.6 Å². The quantitative estimate of drug-likeness (QED) is 0.303. The summed E-state index contributed by atoms with van der Waals surface area (Å²) in [5, 5.41) is 10.6. The summed E-state index contributed by atoms with van der Waals surface area (Å²) in [5.41, 5.74) is 0.917. The van der Waals surface area contributed by atoms with E-state index in [1.165, 1.54) is 47.4 Å². The second-order valence-corrected chi connectivity index (χ2v) is 9.53. The van der Waals surface area contributed by atoms with Crippen LogP contribution >= 0.6 is 0 Å². The summed E-state index contributed by atoms with van der Waals surface area (Å²) in [6.07, 6.45) is -5.13. The number of hydrogen-bond acceptors (Lipinski definition) is 4. The third-order valence-corrected chi connectivity index (χ3v) is 7.12. The number of carbonyl (C=O) groups is 1. The van der Waals surface area contributed by atoms with Gasteiger partial charge in [-0.05, 0) is 48.5 Å². The van der Waals surface area contributed by atoms with Gasteiger partial charge in [0.1, 0.15) is 17.3 Å². The average molecular weight is 540 g/mol. The number of aliphatic carboxylic acids is 1. The van der Waals surface area contributed by atoms with Gasteiger partial charge in [0.15, 0.2) is 0 Å². The molecule has 1 N–H and O–H groups in total. The molecule has 6 rings (SSSR count). The zero-order chi connectivity index (χ0) is 27.5. The first-order chi connectivity index (χ1) is 18.6. The molecule has 1 unspecified atom stereocenters. The molecule has 3 aromatic carbocycles. The van der Waals surface area contributed by atoms with E-state index in [1.807, 2.05) is 10.6 Å². The number of anilines is 1. The fraction of sp³-hybridized carbons (Fsp3) is 0.214. The number of rotatable bonds is 3. The van der Waals surface area contributed by atoms with Gasteiger partial charge in [0.05, 0.1) is 30.1 Å². The Labute approximate surface area is 219 Å². The van der Waals surface area contributed by atoms with E-state index < -0.39 is 36.0 Å². The Morgan fingerprint density at radius 3 is 2.56 bits per heavy atom. The van der Waals surface area contributed by atoms with Crippen molar-refractivity contribution in [1.82, 2.24) is 9.47 Å². The van der Waals surface area contributed by atoms with E-state index in [4.69, 9.17) is 0 Å². The van der Waals surface area contributed by atoms with Gasteiger partial charge in [-0.3, -0.25) is 4.79 Å². The number of halogens is 5. The van der Waals surface area contributed by atoms with Gasteiger partial charge < -0.3 is 19.5 Å². The molecule has 0 saturated carbocycles. The summed E-state index contributed by atoms with van der Waals surface area (Å²) < 4.78 is 71.8. The normalized spacial score (nSPS) is 17.2. The minimum atomic E-state index is -4.63. The molecular weight excluding hydrogens is 519 g/mol. The molecular formula is C28H21F5N4O2.